The molecular formula is C13H23N3O. The van der Waals surface area contributed by atoms with Gasteiger partial charge in [-0.2, -0.15) is 0 Å². The van der Waals surface area contributed by atoms with Crippen molar-refractivity contribution in [1.82, 2.24) is 4.98 Å². The Morgan fingerprint density at radius 3 is 2.76 bits per heavy atom. The fourth-order valence-electron chi connectivity index (χ4n) is 1.68. The maximum Gasteiger partial charge on any atom is 0.127 e. The molecule has 4 heteroatoms. The molecule has 0 saturated heterocycles. The first kappa shape index (κ1) is 13.8. The molecule has 0 radical (unpaired) electrons. The molecule has 0 spiro atoms. The molecule has 0 saturated carbocycles. The Balaban J connectivity index is 2.70. The minimum absolute atomic E-state index is 0.588. The Bertz CT molecular complexity index is 347. The fourth-order valence-corrected chi connectivity index (χ4v) is 1.68. The van der Waals surface area contributed by atoms with Crippen molar-refractivity contribution in [2.24, 2.45) is 0 Å². The Morgan fingerprint density at radius 1 is 1.47 bits per heavy atom. The van der Waals surface area contributed by atoms with Crippen LogP contribution in [0.2, 0.25) is 0 Å². The minimum Gasteiger partial charge on any atom is -0.389 e. The summed E-state index contributed by atoms with van der Waals surface area (Å²) in [7, 11) is 1.97. The summed E-state index contributed by atoms with van der Waals surface area (Å²) >= 11 is 0. The van der Waals surface area contributed by atoms with Crippen molar-refractivity contribution < 1.29 is 5.11 Å². The molecule has 1 aromatic heterocycles. The normalized spacial score (nSPS) is 11.4. The first-order valence-corrected chi connectivity index (χ1v) is 6.06. The molecule has 0 unspecified atom stereocenters. The largest absolute Gasteiger partial charge is 0.389 e. The van der Waals surface area contributed by atoms with Crippen molar-refractivity contribution in [3.05, 3.63) is 18.3 Å². The smallest absolute Gasteiger partial charge is 0.127 e. The van der Waals surface area contributed by atoms with Crippen LogP contribution in [0.3, 0.4) is 0 Å². The predicted molar refractivity (Wildman–Crippen MR) is 72.6 cm³/mol. The zero-order chi connectivity index (χ0) is 12.9. The van der Waals surface area contributed by atoms with E-state index in [1.807, 2.05) is 24.1 Å². The van der Waals surface area contributed by atoms with Crippen molar-refractivity contribution in [1.29, 1.82) is 0 Å². The monoisotopic (exact) mass is 237 g/mol. The zero-order valence-corrected chi connectivity index (χ0v) is 11.2. The van der Waals surface area contributed by atoms with Gasteiger partial charge >= 0.3 is 0 Å². The van der Waals surface area contributed by atoms with Gasteiger partial charge in [0, 0.05) is 38.1 Å². The van der Waals surface area contributed by atoms with Crippen LogP contribution in [0.4, 0.5) is 11.5 Å². The summed E-state index contributed by atoms with van der Waals surface area (Å²) < 4.78 is 0. The number of anilines is 2. The van der Waals surface area contributed by atoms with E-state index in [1.54, 1.807) is 20.0 Å². The minimum atomic E-state index is -0.699. The molecule has 1 aromatic rings. The first-order chi connectivity index (χ1) is 7.92. The number of hydrogen-bond donors (Lipinski definition) is 2. The quantitative estimate of drug-likeness (QED) is 0.795. The van der Waals surface area contributed by atoms with Crippen LogP contribution in [-0.4, -0.2) is 35.8 Å². The van der Waals surface area contributed by atoms with Crippen molar-refractivity contribution in [3.8, 4) is 0 Å². The molecule has 0 amide bonds. The maximum absolute atomic E-state index is 9.79. The van der Waals surface area contributed by atoms with E-state index in [2.05, 4.69) is 17.2 Å². The van der Waals surface area contributed by atoms with Crippen LogP contribution in [0.15, 0.2) is 18.3 Å². The second-order valence-electron chi connectivity index (χ2n) is 4.99. The van der Waals surface area contributed by atoms with Crippen LogP contribution in [0.25, 0.3) is 0 Å². The highest BCUT2D eigenvalue weighted by Gasteiger charge is 2.16. The summed E-state index contributed by atoms with van der Waals surface area (Å²) in [6.45, 7) is 7.25. The number of rotatable bonds is 6. The standard InChI is InChI=1S/C13H23N3O/c1-5-7-14-12-9-11(6-8-15-12)16(4)10-13(2,3)17/h6,8-9,17H,5,7,10H2,1-4H3,(H,14,15). The lowest BCUT2D eigenvalue weighted by atomic mass is 10.1. The molecule has 96 valence electrons. The van der Waals surface area contributed by atoms with Gasteiger partial charge in [-0.25, -0.2) is 4.98 Å². The van der Waals surface area contributed by atoms with Gasteiger partial charge in [0.1, 0.15) is 5.82 Å². The first-order valence-electron chi connectivity index (χ1n) is 6.06. The summed E-state index contributed by atoms with van der Waals surface area (Å²) in [5.41, 5.74) is 0.357. The lowest BCUT2D eigenvalue weighted by molar-refractivity contribution is 0.0886. The number of pyridine rings is 1. The SMILES string of the molecule is CCCNc1cc(N(C)CC(C)(C)O)ccn1. The number of hydrogen-bond acceptors (Lipinski definition) is 4. The van der Waals surface area contributed by atoms with Gasteiger partial charge in [-0.15, -0.1) is 0 Å². The third-order valence-electron chi connectivity index (χ3n) is 2.36. The van der Waals surface area contributed by atoms with Crippen LogP contribution in [0.1, 0.15) is 27.2 Å². The number of nitrogens with zero attached hydrogens (tertiary/aromatic N) is 2. The Kier molecular flexibility index (Phi) is 4.75. The van der Waals surface area contributed by atoms with E-state index < -0.39 is 5.60 Å². The molecular weight excluding hydrogens is 214 g/mol. The molecule has 4 nitrogen and oxygen atoms in total. The van der Waals surface area contributed by atoms with E-state index in [4.69, 9.17) is 0 Å². The Labute approximate surface area is 104 Å². The van der Waals surface area contributed by atoms with Crippen LogP contribution in [-0.2, 0) is 0 Å². The molecule has 0 aliphatic heterocycles. The highest BCUT2D eigenvalue weighted by atomic mass is 16.3. The van der Waals surface area contributed by atoms with Gasteiger partial charge < -0.3 is 15.3 Å². The number of nitrogens with one attached hydrogen (secondary N) is 1. The van der Waals surface area contributed by atoms with Crippen molar-refractivity contribution in [2.75, 3.05) is 30.4 Å². The molecule has 0 bridgehead atoms. The maximum atomic E-state index is 9.79. The van der Waals surface area contributed by atoms with Gasteiger partial charge in [0.15, 0.2) is 0 Å². The number of aromatic nitrogens is 1. The average molecular weight is 237 g/mol. The molecule has 0 aromatic carbocycles. The number of aliphatic hydroxyl groups is 1. The Morgan fingerprint density at radius 2 is 2.18 bits per heavy atom. The third-order valence-corrected chi connectivity index (χ3v) is 2.36. The zero-order valence-electron chi connectivity index (χ0n) is 11.2. The van der Waals surface area contributed by atoms with E-state index in [9.17, 15) is 5.11 Å². The second kappa shape index (κ2) is 5.87. The highest BCUT2D eigenvalue weighted by molar-refractivity contribution is 5.53. The molecule has 0 fully saturated rings. The second-order valence-corrected chi connectivity index (χ2v) is 4.99. The highest BCUT2D eigenvalue weighted by Crippen LogP contribution is 2.18. The van der Waals surface area contributed by atoms with Crippen LogP contribution in [0, 0.1) is 0 Å². The summed E-state index contributed by atoms with van der Waals surface area (Å²) in [4.78, 5) is 6.28. The van der Waals surface area contributed by atoms with E-state index in [-0.39, 0.29) is 0 Å². The summed E-state index contributed by atoms with van der Waals surface area (Å²) in [6, 6.07) is 3.95. The molecule has 0 aliphatic rings. The Hall–Kier alpha value is -1.29. The van der Waals surface area contributed by atoms with Gasteiger partial charge in [-0.05, 0) is 26.3 Å². The lowest BCUT2D eigenvalue weighted by Gasteiger charge is -2.27. The molecule has 1 rings (SSSR count). The molecule has 1 heterocycles. The van der Waals surface area contributed by atoms with Gasteiger partial charge in [0.2, 0.25) is 0 Å². The van der Waals surface area contributed by atoms with E-state index in [0.29, 0.717) is 6.54 Å². The molecule has 0 atom stereocenters. The summed E-state index contributed by atoms with van der Waals surface area (Å²) in [6.07, 6.45) is 2.86. The van der Waals surface area contributed by atoms with E-state index in [0.717, 1.165) is 24.5 Å². The molecule has 2 N–H and O–H groups in total. The van der Waals surface area contributed by atoms with Gasteiger partial charge in [0.25, 0.3) is 0 Å². The summed E-state index contributed by atoms with van der Waals surface area (Å²) in [5.74, 6) is 0.881. The van der Waals surface area contributed by atoms with Crippen molar-refractivity contribution in [2.45, 2.75) is 32.8 Å². The molecule has 0 aliphatic carbocycles. The van der Waals surface area contributed by atoms with E-state index in [1.165, 1.54) is 0 Å². The van der Waals surface area contributed by atoms with Crippen LogP contribution >= 0.6 is 0 Å². The molecule has 17 heavy (non-hydrogen) atoms. The number of likely N-dealkylation sites (N-methyl/N-ethyl adjacent to an activating group) is 1. The predicted octanol–water partition coefficient (Wildman–Crippen LogP) is 2.11. The van der Waals surface area contributed by atoms with Gasteiger partial charge in [0.05, 0.1) is 5.60 Å². The van der Waals surface area contributed by atoms with Crippen molar-refractivity contribution in [3.63, 3.8) is 0 Å². The third kappa shape index (κ3) is 5.04. The van der Waals surface area contributed by atoms with Crippen molar-refractivity contribution >= 4 is 11.5 Å². The topological polar surface area (TPSA) is 48.4 Å². The van der Waals surface area contributed by atoms with E-state index >= 15 is 0 Å². The van der Waals surface area contributed by atoms with Crippen LogP contribution in [0.5, 0.6) is 0 Å². The average Bonchev–Trinajstić information content (AvgIpc) is 2.24. The van der Waals surface area contributed by atoms with Gasteiger partial charge in [-0.1, -0.05) is 6.92 Å². The fraction of sp³-hybridized carbons (Fsp3) is 0.615. The van der Waals surface area contributed by atoms with Crippen LogP contribution < -0.4 is 10.2 Å². The van der Waals surface area contributed by atoms with Gasteiger partial charge in [-0.3, -0.25) is 0 Å². The lowest BCUT2D eigenvalue weighted by Crippen LogP contribution is -2.36. The summed E-state index contributed by atoms with van der Waals surface area (Å²) in [5, 5.41) is 13.0.